The number of amides is 1. The molecule has 4 nitrogen and oxygen atoms in total. The van der Waals surface area contributed by atoms with Crippen molar-refractivity contribution >= 4 is 28.4 Å². The fraction of sp³-hybridized carbons (Fsp3) is 0.267. The molecule has 1 amide bonds. The van der Waals surface area contributed by atoms with E-state index in [1.807, 2.05) is 16.9 Å². The molecule has 2 rings (SSSR count). The molecule has 0 saturated heterocycles. The maximum Gasteiger partial charge on any atom is 0.249 e. The van der Waals surface area contributed by atoms with E-state index in [1.54, 1.807) is 43.6 Å². The molecule has 6 heteroatoms. The minimum atomic E-state index is -0.628. The monoisotopic (exact) mass is 327 g/mol. The fourth-order valence-electron chi connectivity index (χ4n) is 1.90. The van der Waals surface area contributed by atoms with Gasteiger partial charge in [-0.05, 0) is 46.9 Å². The van der Waals surface area contributed by atoms with Crippen LogP contribution in [-0.2, 0) is 4.79 Å². The number of halogens is 1. The van der Waals surface area contributed by atoms with Crippen LogP contribution in [-0.4, -0.2) is 16.9 Å². The number of carbonyl (C=O) groups excluding carboxylic acids is 1. The summed E-state index contributed by atoms with van der Waals surface area (Å²) in [5, 5.41) is 13.5. The molecule has 0 fully saturated rings. The first kappa shape index (κ1) is 15.9. The molecule has 0 aliphatic carbocycles. The van der Waals surface area contributed by atoms with Crippen molar-refractivity contribution in [1.29, 1.82) is 0 Å². The molecule has 1 unspecified atom stereocenters. The maximum absolute atomic E-state index is 11.6. The minimum absolute atomic E-state index is 0.376. The topological polar surface area (TPSA) is 58.6 Å². The van der Waals surface area contributed by atoms with Gasteiger partial charge in [0.1, 0.15) is 11.5 Å². The molecule has 21 heavy (non-hydrogen) atoms. The third kappa shape index (κ3) is 4.27. The molecule has 1 atom stereocenters. The number of allylic oxidation sites excluding steroid dienone is 1. The highest BCUT2D eigenvalue weighted by Crippen LogP contribution is 2.41. The van der Waals surface area contributed by atoms with Crippen molar-refractivity contribution in [3.8, 4) is 5.75 Å². The zero-order valence-electron chi connectivity index (χ0n) is 11.8. The summed E-state index contributed by atoms with van der Waals surface area (Å²) in [6.07, 6.45) is 1.91. The van der Waals surface area contributed by atoms with Gasteiger partial charge in [-0.1, -0.05) is 25.4 Å². The Kier molecular flexibility index (Phi) is 4.98. The first-order chi connectivity index (χ1) is 9.90. The number of hydrogen-bond acceptors (Lipinski definition) is 3. The quantitative estimate of drug-likeness (QED) is 0.440. The lowest BCUT2D eigenvalue weighted by Crippen LogP contribution is -2.37. The molecule has 1 aliphatic heterocycles. The summed E-state index contributed by atoms with van der Waals surface area (Å²) >= 11 is 5.83. The van der Waals surface area contributed by atoms with Crippen LogP contribution in [0.25, 0.3) is 0 Å². The Morgan fingerprint density at radius 2 is 2.05 bits per heavy atom. The normalized spacial score (nSPS) is 19.2. The average Bonchev–Trinajstić information content (AvgIpc) is 2.86. The van der Waals surface area contributed by atoms with Crippen LogP contribution in [0.2, 0.25) is 5.02 Å². The number of nitrogens with one attached hydrogen (secondary N) is 1. The van der Waals surface area contributed by atoms with Gasteiger partial charge in [0.15, 0.2) is 0 Å². The second-order valence-corrected chi connectivity index (χ2v) is 7.74. The second-order valence-electron chi connectivity index (χ2n) is 5.40. The zero-order valence-corrected chi connectivity index (χ0v) is 13.5. The number of rotatable bonds is 5. The summed E-state index contributed by atoms with van der Waals surface area (Å²) in [7, 11) is -0.579. The van der Waals surface area contributed by atoms with Gasteiger partial charge in [-0.3, -0.25) is 10.0 Å². The van der Waals surface area contributed by atoms with E-state index in [4.69, 9.17) is 21.5 Å². The molecule has 2 N–H and O–H groups in total. The SMILES string of the molecule is CC(C)(C[SH]1C=CC(Oc2ccc(Cl)cc2)=C1)C(=O)NO. The molecule has 0 aromatic heterocycles. The molecule has 1 aliphatic rings. The van der Waals surface area contributed by atoms with E-state index < -0.39 is 16.3 Å². The fourth-order valence-corrected chi connectivity index (χ4v) is 4.16. The minimum Gasteiger partial charge on any atom is -0.457 e. The standard InChI is InChI=1S/C15H18ClNO3S/c1-15(2,14(18)17-19)10-21-8-7-13(9-21)20-12-5-3-11(16)4-6-12/h3-9,19,21H,10H2,1-2H3,(H,17,18). The zero-order chi connectivity index (χ0) is 15.5. The van der Waals surface area contributed by atoms with Crippen LogP contribution in [0.1, 0.15) is 13.8 Å². The molecule has 1 heterocycles. The van der Waals surface area contributed by atoms with E-state index in [1.165, 1.54) is 0 Å². The third-order valence-electron chi connectivity index (χ3n) is 3.07. The lowest BCUT2D eigenvalue weighted by Gasteiger charge is -2.25. The van der Waals surface area contributed by atoms with E-state index >= 15 is 0 Å². The van der Waals surface area contributed by atoms with Crippen LogP contribution in [0.3, 0.4) is 0 Å². The van der Waals surface area contributed by atoms with Gasteiger partial charge in [-0.25, -0.2) is 16.4 Å². The smallest absolute Gasteiger partial charge is 0.249 e. The highest BCUT2D eigenvalue weighted by molar-refractivity contribution is 8.22. The second kappa shape index (κ2) is 6.56. The van der Waals surface area contributed by atoms with Crippen LogP contribution in [0.5, 0.6) is 5.75 Å². The van der Waals surface area contributed by atoms with Gasteiger partial charge >= 0.3 is 0 Å². The van der Waals surface area contributed by atoms with Crippen LogP contribution >= 0.6 is 22.5 Å². The maximum atomic E-state index is 11.6. The number of hydrogen-bond donors (Lipinski definition) is 3. The highest BCUT2D eigenvalue weighted by atomic mass is 35.5. The van der Waals surface area contributed by atoms with Gasteiger partial charge in [0.2, 0.25) is 5.91 Å². The van der Waals surface area contributed by atoms with E-state index in [2.05, 4.69) is 0 Å². The van der Waals surface area contributed by atoms with Gasteiger partial charge in [0.05, 0.1) is 5.41 Å². The van der Waals surface area contributed by atoms with Gasteiger partial charge in [0, 0.05) is 5.02 Å². The number of thiol groups is 1. The van der Waals surface area contributed by atoms with Crippen LogP contribution in [0.15, 0.2) is 46.9 Å². The van der Waals surface area contributed by atoms with E-state index in [-0.39, 0.29) is 5.91 Å². The summed E-state index contributed by atoms with van der Waals surface area (Å²) < 4.78 is 5.74. The Morgan fingerprint density at radius 3 is 2.67 bits per heavy atom. The highest BCUT2D eigenvalue weighted by Gasteiger charge is 2.29. The Hall–Kier alpha value is -1.43. The Labute approximate surface area is 131 Å². The molecule has 0 bridgehead atoms. The van der Waals surface area contributed by atoms with Crippen molar-refractivity contribution in [2.45, 2.75) is 13.8 Å². The van der Waals surface area contributed by atoms with E-state index in [9.17, 15) is 4.79 Å². The molecular weight excluding hydrogens is 310 g/mol. The number of hydroxylamine groups is 1. The predicted molar refractivity (Wildman–Crippen MR) is 86.9 cm³/mol. The van der Waals surface area contributed by atoms with Crippen molar-refractivity contribution in [1.82, 2.24) is 5.48 Å². The molecule has 1 aromatic rings. The number of carbonyl (C=O) groups is 1. The summed E-state index contributed by atoms with van der Waals surface area (Å²) in [5.41, 5.74) is 1.09. The molecule has 114 valence electrons. The summed E-state index contributed by atoms with van der Waals surface area (Å²) in [6, 6.07) is 7.16. The summed E-state index contributed by atoms with van der Waals surface area (Å²) in [5.74, 6) is 1.76. The molecular formula is C15H18ClNO3S. The third-order valence-corrected chi connectivity index (χ3v) is 5.59. The van der Waals surface area contributed by atoms with Crippen molar-refractivity contribution in [3.05, 3.63) is 51.9 Å². The Morgan fingerprint density at radius 1 is 1.38 bits per heavy atom. The Balaban J connectivity index is 1.98. The van der Waals surface area contributed by atoms with E-state index in [0.717, 1.165) is 11.5 Å². The van der Waals surface area contributed by atoms with Crippen molar-refractivity contribution in [3.63, 3.8) is 0 Å². The Bertz CT molecular complexity index is 581. The van der Waals surface area contributed by atoms with Gasteiger partial charge in [0.25, 0.3) is 0 Å². The number of benzene rings is 1. The molecule has 1 aromatic carbocycles. The van der Waals surface area contributed by atoms with E-state index in [0.29, 0.717) is 10.8 Å². The van der Waals surface area contributed by atoms with Crippen LogP contribution in [0.4, 0.5) is 0 Å². The van der Waals surface area contributed by atoms with Crippen molar-refractivity contribution < 1.29 is 14.7 Å². The summed E-state index contributed by atoms with van der Waals surface area (Å²) in [4.78, 5) is 11.6. The first-order valence-electron chi connectivity index (χ1n) is 6.44. The average molecular weight is 328 g/mol. The van der Waals surface area contributed by atoms with Gasteiger partial charge in [-0.2, -0.15) is 0 Å². The first-order valence-corrected chi connectivity index (χ1v) is 8.49. The molecule has 0 spiro atoms. The van der Waals surface area contributed by atoms with Crippen LogP contribution in [0, 0.1) is 5.41 Å². The predicted octanol–water partition coefficient (Wildman–Crippen LogP) is 3.62. The number of ether oxygens (including phenoxy) is 1. The van der Waals surface area contributed by atoms with Crippen molar-refractivity contribution in [2.75, 3.05) is 5.75 Å². The lowest BCUT2D eigenvalue weighted by molar-refractivity contribution is -0.136. The van der Waals surface area contributed by atoms with Gasteiger partial charge < -0.3 is 4.74 Å². The largest absolute Gasteiger partial charge is 0.457 e. The van der Waals surface area contributed by atoms with Crippen LogP contribution < -0.4 is 10.2 Å². The van der Waals surface area contributed by atoms with Crippen molar-refractivity contribution in [2.24, 2.45) is 5.41 Å². The molecule has 0 radical (unpaired) electrons. The lowest BCUT2D eigenvalue weighted by atomic mass is 9.96. The van der Waals surface area contributed by atoms with Gasteiger partial charge in [-0.15, -0.1) is 0 Å². The summed E-state index contributed by atoms with van der Waals surface area (Å²) in [6.45, 7) is 3.61. The molecule has 0 saturated carbocycles.